The second kappa shape index (κ2) is 10.1. The summed E-state index contributed by atoms with van der Waals surface area (Å²) in [4.78, 5) is 36.1. The Balaban J connectivity index is 1.67. The molecule has 0 aliphatic heterocycles. The van der Waals surface area contributed by atoms with Crippen LogP contribution in [0.5, 0.6) is 0 Å². The van der Waals surface area contributed by atoms with Crippen LogP contribution < -0.4 is 16.4 Å². The summed E-state index contributed by atoms with van der Waals surface area (Å²) in [5.41, 5.74) is 7.87. The van der Waals surface area contributed by atoms with Gasteiger partial charge >= 0.3 is 6.03 Å². The molecule has 0 aliphatic rings. The molecule has 11 heteroatoms. The summed E-state index contributed by atoms with van der Waals surface area (Å²) in [5.74, 6) is -0.0899. The summed E-state index contributed by atoms with van der Waals surface area (Å²) in [6.45, 7) is 5.70. The highest BCUT2D eigenvalue weighted by atomic mass is 32.2. The molecule has 10 nitrogen and oxygen atoms in total. The minimum atomic E-state index is -0.666. The summed E-state index contributed by atoms with van der Waals surface area (Å²) in [6.07, 6.45) is 1.57. The monoisotopic (exact) mass is 456 g/mol. The van der Waals surface area contributed by atoms with Gasteiger partial charge in [-0.15, -0.1) is 10.2 Å². The average Bonchev–Trinajstić information content (AvgIpc) is 3.38. The number of nitrogens with zero attached hydrogens (tertiary/aromatic N) is 3. The second-order valence-corrected chi connectivity index (χ2v) is 8.48. The van der Waals surface area contributed by atoms with Crippen LogP contribution >= 0.6 is 11.8 Å². The van der Waals surface area contributed by atoms with Gasteiger partial charge < -0.3 is 15.5 Å². The van der Waals surface area contributed by atoms with E-state index < -0.39 is 23.1 Å². The maximum absolute atomic E-state index is 12.6. The van der Waals surface area contributed by atoms with Gasteiger partial charge in [-0.1, -0.05) is 29.5 Å². The smallest absolute Gasteiger partial charge is 0.325 e. The maximum Gasteiger partial charge on any atom is 0.325 e. The summed E-state index contributed by atoms with van der Waals surface area (Å²) in [6, 6.07) is 8.39. The van der Waals surface area contributed by atoms with Gasteiger partial charge in [-0.3, -0.25) is 19.5 Å². The Labute approximate surface area is 188 Å². The zero-order valence-corrected chi connectivity index (χ0v) is 18.7. The van der Waals surface area contributed by atoms with E-state index in [1.165, 1.54) is 6.26 Å². The van der Waals surface area contributed by atoms with E-state index >= 15 is 0 Å². The number of hydrogen-bond donors (Lipinski definition) is 3. The third-order valence-electron chi connectivity index (χ3n) is 4.56. The Bertz CT molecular complexity index is 1130. The summed E-state index contributed by atoms with van der Waals surface area (Å²) >= 11 is 1.10. The number of furan rings is 1. The van der Waals surface area contributed by atoms with Crippen LogP contribution in [0.4, 0.5) is 10.5 Å². The van der Waals surface area contributed by atoms with Crippen LogP contribution in [-0.2, 0) is 16.1 Å². The van der Waals surface area contributed by atoms with Crippen molar-refractivity contribution in [2.75, 3.05) is 5.32 Å². The largest absolute Gasteiger partial charge is 0.461 e. The number of aromatic nitrogens is 3. The van der Waals surface area contributed by atoms with E-state index in [0.29, 0.717) is 22.4 Å². The highest BCUT2D eigenvalue weighted by molar-refractivity contribution is 8.00. The molecule has 4 N–H and O–H groups in total. The number of nitrogens with two attached hydrogens (primary N) is 1. The third-order valence-corrected chi connectivity index (χ3v) is 5.64. The van der Waals surface area contributed by atoms with E-state index in [9.17, 15) is 14.4 Å². The predicted octanol–water partition coefficient (Wildman–Crippen LogP) is 2.86. The fourth-order valence-electron chi connectivity index (χ4n) is 2.92. The van der Waals surface area contributed by atoms with Crippen LogP contribution in [0, 0.1) is 13.8 Å². The predicted molar refractivity (Wildman–Crippen MR) is 120 cm³/mol. The number of anilines is 1. The number of nitrogens with one attached hydrogen (secondary N) is 2. The van der Waals surface area contributed by atoms with Crippen LogP contribution in [0.3, 0.4) is 0 Å². The fourth-order valence-corrected chi connectivity index (χ4v) is 3.80. The van der Waals surface area contributed by atoms with Crippen molar-refractivity contribution < 1.29 is 18.8 Å². The molecule has 168 valence electrons. The molecule has 3 aromatic rings. The van der Waals surface area contributed by atoms with Gasteiger partial charge in [-0.25, -0.2) is 4.79 Å². The van der Waals surface area contributed by atoms with Crippen molar-refractivity contribution >= 4 is 35.3 Å². The van der Waals surface area contributed by atoms with Crippen LogP contribution in [0.2, 0.25) is 0 Å². The zero-order chi connectivity index (χ0) is 23.3. The van der Waals surface area contributed by atoms with Gasteiger partial charge in [0, 0.05) is 18.7 Å². The highest BCUT2D eigenvalue weighted by Gasteiger charge is 2.23. The number of benzene rings is 1. The van der Waals surface area contributed by atoms with Crippen molar-refractivity contribution in [1.82, 2.24) is 20.1 Å². The number of primary amides is 1. The lowest BCUT2D eigenvalue weighted by molar-refractivity contribution is -0.119. The second-order valence-electron chi connectivity index (χ2n) is 7.17. The van der Waals surface area contributed by atoms with Crippen LogP contribution in [0.15, 0.2) is 46.2 Å². The first kappa shape index (κ1) is 23.1. The van der Waals surface area contributed by atoms with E-state index in [2.05, 4.69) is 20.8 Å². The third kappa shape index (κ3) is 5.76. The van der Waals surface area contributed by atoms with E-state index in [0.717, 1.165) is 22.9 Å². The fraction of sp³-hybridized carbons (Fsp3) is 0.286. The van der Waals surface area contributed by atoms with E-state index in [4.69, 9.17) is 10.2 Å². The molecule has 2 aromatic heterocycles. The summed E-state index contributed by atoms with van der Waals surface area (Å²) in [7, 11) is 0. The van der Waals surface area contributed by atoms with Gasteiger partial charge in [0.2, 0.25) is 11.8 Å². The zero-order valence-electron chi connectivity index (χ0n) is 17.9. The first-order valence-electron chi connectivity index (χ1n) is 9.85. The van der Waals surface area contributed by atoms with Gasteiger partial charge in [0.15, 0.2) is 16.7 Å². The quantitative estimate of drug-likeness (QED) is 0.442. The molecular weight excluding hydrogens is 432 g/mol. The van der Waals surface area contributed by atoms with Crippen LogP contribution in [-0.4, -0.2) is 37.9 Å². The van der Waals surface area contributed by atoms with Gasteiger partial charge in [0.25, 0.3) is 0 Å². The van der Waals surface area contributed by atoms with Gasteiger partial charge in [-0.05, 0) is 44.5 Å². The Morgan fingerprint density at radius 1 is 1.22 bits per heavy atom. The number of urea groups is 1. The number of carbonyl (C=O) groups is 3. The molecule has 0 fully saturated rings. The van der Waals surface area contributed by atoms with Crippen molar-refractivity contribution in [3.8, 4) is 11.6 Å². The van der Waals surface area contributed by atoms with Gasteiger partial charge in [0.05, 0.1) is 11.5 Å². The number of imide groups is 1. The Morgan fingerprint density at radius 2 is 2.00 bits per heavy atom. The van der Waals surface area contributed by atoms with Crippen LogP contribution in [0.25, 0.3) is 11.6 Å². The van der Waals surface area contributed by atoms with Crippen molar-refractivity contribution in [3.05, 3.63) is 47.7 Å². The first-order chi connectivity index (χ1) is 15.2. The molecule has 0 aliphatic carbocycles. The molecule has 3 rings (SSSR count). The van der Waals surface area contributed by atoms with Crippen molar-refractivity contribution in [2.24, 2.45) is 5.73 Å². The minimum absolute atomic E-state index is 0.0677. The van der Waals surface area contributed by atoms with Crippen molar-refractivity contribution in [3.63, 3.8) is 0 Å². The number of amides is 4. The van der Waals surface area contributed by atoms with Crippen LogP contribution in [0.1, 0.15) is 24.5 Å². The van der Waals surface area contributed by atoms with E-state index in [1.54, 1.807) is 29.7 Å². The molecule has 1 aromatic carbocycles. The molecular formula is C21H24N6O4S. The molecule has 4 amide bonds. The normalized spacial score (nSPS) is 11.7. The molecule has 0 bridgehead atoms. The van der Waals surface area contributed by atoms with E-state index in [-0.39, 0.29) is 13.0 Å². The number of aryl methyl sites for hydroxylation is 2. The topological polar surface area (TPSA) is 145 Å². The Kier molecular flexibility index (Phi) is 7.31. The van der Waals surface area contributed by atoms with Gasteiger partial charge in [-0.2, -0.15) is 0 Å². The molecule has 0 saturated heterocycles. The number of hydrogen-bond acceptors (Lipinski definition) is 7. The summed E-state index contributed by atoms with van der Waals surface area (Å²) < 4.78 is 7.04. The standard InChI is InChI=1S/C21H24N6O4S/c1-12-6-7-15(13(2)11-12)23-20(30)24-19(29)14(3)32-21-26-25-18(16-5-4-10-31-16)27(21)9-8-17(22)28/h4-7,10-11,14H,8-9H2,1-3H3,(H2,22,28)(H2,23,24,29,30). The molecule has 1 unspecified atom stereocenters. The summed E-state index contributed by atoms with van der Waals surface area (Å²) in [5, 5.41) is 13.0. The number of carbonyl (C=O) groups excluding carboxylic acids is 3. The highest BCUT2D eigenvalue weighted by Crippen LogP contribution is 2.27. The number of thioether (sulfide) groups is 1. The Morgan fingerprint density at radius 3 is 2.66 bits per heavy atom. The lowest BCUT2D eigenvalue weighted by atomic mass is 10.1. The lowest BCUT2D eigenvalue weighted by Crippen LogP contribution is -2.39. The SMILES string of the molecule is Cc1ccc(NC(=O)NC(=O)C(C)Sc2nnc(-c3ccco3)n2CCC(N)=O)c(C)c1. The molecule has 1 atom stereocenters. The maximum atomic E-state index is 12.6. The first-order valence-corrected chi connectivity index (χ1v) is 10.7. The average molecular weight is 457 g/mol. The molecule has 32 heavy (non-hydrogen) atoms. The molecule has 0 radical (unpaired) electrons. The molecule has 0 saturated carbocycles. The van der Waals surface area contributed by atoms with Gasteiger partial charge in [0.1, 0.15) is 0 Å². The molecule has 0 spiro atoms. The minimum Gasteiger partial charge on any atom is -0.461 e. The van der Waals surface area contributed by atoms with Crippen molar-refractivity contribution in [2.45, 2.75) is 44.1 Å². The Hall–Kier alpha value is -3.60. The number of rotatable bonds is 8. The van der Waals surface area contributed by atoms with E-state index in [1.807, 2.05) is 26.0 Å². The lowest BCUT2D eigenvalue weighted by Gasteiger charge is -2.14. The molecule has 2 heterocycles. The van der Waals surface area contributed by atoms with Crippen molar-refractivity contribution in [1.29, 1.82) is 0 Å².